The van der Waals surface area contributed by atoms with Crippen LogP contribution in [0.4, 0.5) is 0 Å². The number of rotatable bonds is 4. The van der Waals surface area contributed by atoms with Gasteiger partial charge in [0.1, 0.15) is 0 Å². The zero-order chi connectivity index (χ0) is 17.3. The number of amides is 2. The molecule has 0 spiro atoms. The molecule has 122 valence electrons. The lowest BCUT2D eigenvalue weighted by Crippen LogP contribution is -2.30. The van der Waals surface area contributed by atoms with E-state index in [0.29, 0.717) is 11.1 Å². The maximum atomic E-state index is 12.2. The molecule has 5 nitrogen and oxygen atoms in total. The number of benzene rings is 2. The summed E-state index contributed by atoms with van der Waals surface area (Å²) in [5.74, 6) is -0.609. The van der Waals surface area contributed by atoms with Crippen LogP contribution in [0.2, 0.25) is 0 Å². The number of primary amides is 1. The van der Waals surface area contributed by atoms with E-state index in [4.69, 9.17) is 5.73 Å². The first-order valence-corrected chi connectivity index (χ1v) is 7.78. The van der Waals surface area contributed by atoms with Crippen molar-refractivity contribution in [3.8, 4) is 11.1 Å². The van der Waals surface area contributed by atoms with E-state index in [2.05, 4.69) is 10.3 Å². The molecule has 0 unspecified atom stereocenters. The van der Waals surface area contributed by atoms with Crippen molar-refractivity contribution in [3.63, 3.8) is 0 Å². The minimum atomic E-state index is -0.488. The lowest BCUT2D eigenvalue weighted by atomic mass is 9.98. The second-order valence-electron chi connectivity index (χ2n) is 6.04. The number of nitrogens with two attached hydrogens (primary N) is 1. The van der Waals surface area contributed by atoms with Crippen molar-refractivity contribution < 1.29 is 9.59 Å². The average Bonchev–Trinajstić information content (AvgIpc) is 3.01. The first-order valence-electron chi connectivity index (χ1n) is 7.78. The molecular weight excluding hydrogens is 302 g/mol. The molecule has 0 radical (unpaired) electrons. The molecule has 5 heteroatoms. The van der Waals surface area contributed by atoms with Gasteiger partial charge in [-0.15, -0.1) is 0 Å². The predicted octanol–water partition coefficient (Wildman–Crippen LogP) is 3.07. The summed E-state index contributed by atoms with van der Waals surface area (Å²) in [6, 6.07) is 13.0. The molecule has 0 bridgehead atoms. The standard InChI is InChI=1S/C19H19N3O2/c1-11(2)22-19(24)14-5-3-4-12(8-14)15-9-13-6-7-21-17(13)16(10-15)18(20)23/h3-11,21H,1-2H3,(H2,20,23)(H,22,24). The molecule has 2 amide bonds. The second-order valence-corrected chi connectivity index (χ2v) is 6.04. The van der Waals surface area contributed by atoms with E-state index in [0.717, 1.165) is 22.0 Å². The third-order valence-electron chi connectivity index (χ3n) is 3.80. The molecule has 4 N–H and O–H groups in total. The molecule has 0 aliphatic heterocycles. The summed E-state index contributed by atoms with van der Waals surface area (Å²) in [6.07, 6.45) is 1.77. The van der Waals surface area contributed by atoms with E-state index in [9.17, 15) is 9.59 Å². The van der Waals surface area contributed by atoms with Crippen LogP contribution in [0.5, 0.6) is 0 Å². The fraction of sp³-hybridized carbons (Fsp3) is 0.158. The predicted molar refractivity (Wildman–Crippen MR) is 94.9 cm³/mol. The molecule has 0 aliphatic rings. The molecule has 2 aromatic carbocycles. The summed E-state index contributed by atoms with van der Waals surface area (Å²) in [6.45, 7) is 3.83. The number of H-pyrrole nitrogens is 1. The highest BCUT2D eigenvalue weighted by Crippen LogP contribution is 2.27. The number of hydrogen-bond donors (Lipinski definition) is 3. The fourth-order valence-electron chi connectivity index (χ4n) is 2.72. The van der Waals surface area contributed by atoms with E-state index in [1.807, 2.05) is 44.2 Å². The Bertz CT molecular complexity index is 925. The smallest absolute Gasteiger partial charge is 0.251 e. The highest BCUT2D eigenvalue weighted by Gasteiger charge is 2.13. The molecule has 0 fully saturated rings. The average molecular weight is 321 g/mol. The largest absolute Gasteiger partial charge is 0.366 e. The van der Waals surface area contributed by atoms with Crippen molar-refractivity contribution in [2.45, 2.75) is 19.9 Å². The summed E-state index contributed by atoms with van der Waals surface area (Å²) in [5, 5.41) is 3.78. The lowest BCUT2D eigenvalue weighted by Gasteiger charge is -2.10. The Kier molecular flexibility index (Phi) is 4.08. The van der Waals surface area contributed by atoms with Gasteiger partial charge in [-0.1, -0.05) is 12.1 Å². The number of carbonyl (C=O) groups is 2. The van der Waals surface area contributed by atoms with Crippen molar-refractivity contribution in [2.24, 2.45) is 5.73 Å². The van der Waals surface area contributed by atoms with Crippen LogP contribution in [-0.2, 0) is 0 Å². The van der Waals surface area contributed by atoms with Crippen LogP contribution in [0.3, 0.4) is 0 Å². The summed E-state index contributed by atoms with van der Waals surface area (Å²) in [5.41, 5.74) is 8.93. The molecule has 3 aromatic rings. The summed E-state index contributed by atoms with van der Waals surface area (Å²) in [4.78, 5) is 27.0. The van der Waals surface area contributed by atoms with Crippen LogP contribution < -0.4 is 11.1 Å². The van der Waals surface area contributed by atoms with E-state index in [1.54, 1.807) is 18.3 Å². The van der Waals surface area contributed by atoms with Crippen LogP contribution in [0, 0.1) is 0 Å². The Morgan fingerprint density at radius 3 is 2.58 bits per heavy atom. The normalized spacial score (nSPS) is 11.0. The molecule has 0 atom stereocenters. The Morgan fingerprint density at radius 2 is 1.88 bits per heavy atom. The Balaban J connectivity index is 2.07. The highest BCUT2D eigenvalue weighted by molar-refractivity contribution is 6.07. The van der Waals surface area contributed by atoms with Crippen molar-refractivity contribution in [3.05, 3.63) is 59.8 Å². The van der Waals surface area contributed by atoms with Crippen LogP contribution >= 0.6 is 0 Å². The van der Waals surface area contributed by atoms with Crippen LogP contribution in [0.25, 0.3) is 22.0 Å². The van der Waals surface area contributed by atoms with E-state index >= 15 is 0 Å². The molecule has 1 aromatic heterocycles. The van der Waals surface area contributed by atoms with Crippen molar-refractivity contribution in [1.82, 2.24) is 10.3 Å². The monoisotopic (exact) mass is 321 g/mol. The van der Waals surface area contributed by atoms with E-state index in [1.165, 1.54) is 0 Å². The van der Waals surface area contributed by atoms with Gasteiger partial charge in [-0.05, 0) is 55.3 Å². The molecule has 0 saturated carbocycles. The molecule has 0 aliphatic carbocycles. The quantitative estimate of drug-likeness (QED) is 0.689. The summed E-state index contributed by atoms with van der Waals surface area (Å²) >= 11 is 0. The SMILES string of the molecule is CC(C)NC(=O)c1cccc(-c2cc(C(N)=O)c3[nH]ccc3c2)c1. The van der Waals surface area contributed by atoms with E-state index in [-0.39, 0.29) is 11.9 Å². The third kappa shape index (κ3) is 3.01. The van der Waals surface area contributed by atoms with Gasteiger partial charge in [0.05, 0.1) is 11.1 Å². The fourth-order valence-corrected chi connectivity index (χ4v) is 2.72. The number of aromatic nitrogens is 1. The number of fused-ring (bicyclic) bond motifs is 1. The number of nitrogens with one attached hydrogen (secondary N) is 2. The molecule has 1 heterocycles. The third-order valence-corrected chi connectivity index (χ3v) is 3.80. The second kappa shape index (κ2) is 6.20. The minimum absolute atomic E-state index is 0.0684. The van der Waals surface area contributed by atoms with Crippen molar-refractivity contribution in [1.29, 1.82) is 0 Å². The van der Waals surface area contributed by atoms with Gasteiger partial charge < -0.3 is 16.0 Å². The molecule has 0 saturated heterocycles. The van der Waals surface area contributed by atoms with Gasteiger partial charge in [-0.25, -0.2) is 0 Å². The zero-order valence-electron chi connectivity index (χ0n) is 13.6. The van der Waals surface area contributed by atoms with Crippen molar-refractivity contribution in [2.75, 3.05) is 0 Å². The zero-order valence-corrected chi connectivity index (χ0v) is 13.6. The Morgan fingerprint density at radius 1 is 1.08 bits per heavy atom. The van der Waals surface area contributed by atoms with Gasteiger partial charge in [0.25, 0.3) is 11.8 Å². The van der Waals surface area contributed by atoms with Gasteiger partial charge in [0.2, 0.25) is 0 Å². The number of carbonyl (C=O) groups excluding carboxylic acids is 2. The van der Waals surface area contributed by atoms with Gasteiger partial charge in [0, 0.05) is 23.2 Å². The first-order chi connectivity index (χ1) is 11.5. The first kappa shape index (κ1) is 15.8. The molecule has 24 heavy (non-hydrogen) atoms. The van der Waals surface area contributed by atoms with Gasteiger partial charge in [-0.2, -0.15) is 0 Å². The number of aromatic amines is 1. The highest BCUT2D eigenvalue weighted by atomic mass is 16.2. The maximum Gasteiger partial charge on any atom is 0.251 e. The summed E-state index contributed by atoms with van der Waals surface area (Å²) in [7, 11) is 0. The topological polar surface area (TPSA) is 88.0 Å². The van der Waals surface area contributed by atoms with E-state index < -0.39 is 5.91 Å². The van der Waals surface area contributed by atoms with Crippen LogP contribution in [0.15, 0.2) is 48.7 Å². The summed E-state index contributed by atoms with van der Waals surface area (Å²) < 4.78 is 0. The van der Waals surface area contributed by atoms with Crippen molar-refractivity contribution >= 4 is 22.7 Å². The lowest BCUT2D eigenvalue weighted by molar-refractivity contribution is 0.0942. The Hall–Kier alpha value is -3.08. The Labute approximate surface area is 139 Å². The van der Waals surface area contributed by atoms with Crippen LogP contribution in [-0.4, -0.2) is 22.8 Å². The van der Waals surface area contributed by atoms with Gasteiger partial charge in [0.15, 0.2) is 0 Å². The van der Waals surface area contributed by atoms with Gasteiger partial charge >= 0.3 is 0 Å². The van der Waals surface area contributed by atoms with Crippen LogP contribution in [0.1, 0.15) is 34.6 Å². The maximum absolute atomic E-state index is 12.2. The molecule has 3 rings (SSSR count). The van der Waals surface area contributed by atoms with Gasteiger partial charge in [-0.3, -0.25) is 9.59 Å². The number of hydrogen-bond acceptors (Lipinski definition) is 2. The molecular formula is C19H19N3O2. The minimum Gasteiger partial charge on any atom is -0.366 e.